The summed E-state index contributed by atoms with van der Waals surface area (Å²) in [6.45, 7) is 1.55. The number of rotatable bonds is 5. The summed E-state index contributed by atoms with van der Waals surface area (Å²) in [6.07, 6.45) is 0.431. The third-order valence-corrected chi connectivity index (χ3v) is 3.52. The molecule has 1 atom stereocenters. The molecule has 0 saturated heterocycles. The first-order chi connectivity index (χ1) is 10.5. The molecule has 0 aliphatic carbocycles. The summed E-state index contributed by atoms with van der Waals surface area (Å²) in [5.41, 5.74) is 9.40. The average molecular weight is 334 g/mol. The Bertz CT molecular complexity index is 683. The lowest BCUT2D eigenvalue weighted by Crippen LogP contribution is -2.33. The maximum Gasteiger partial charge on any atom is 0.322 e. The van der Waals surface area contributed by atoms with Crippen LogP contribution in [0.5, 0.6) is 0 Å². The zero-order valence-electron chi connectivity index (χ0n) is 13.1. The summed E-state index contributed by atoms with van der Waals surface area (Å²) in [6, 6.07) is 14.6. The van der Waals surface area contributed by atoms with Gasteiger partial charge in [-0.25, -0.2) is 0 Å². The third-order valence-electron chi connectivity index (χ3n) is 3.52. The fourth-order valence-electron chi connectivity index (χ4n) is 2.24. The molecule has 4 nitrogen and oxygen atoms in total. The SMILES string of the molecule is COC(=O)C(N)Cc1ccc(-c2cccc(C(C)=O)c2)cc1.Cl. The second kappa shape index (κ2) is 8.46. The number of hydrogen-bond acceptors (Lipinski definition) is 4. The number of Topliss-reactive ketones (excluding diaryl/α,β-unsaturated/α-hetero) is 1. The molecule has 0 saturated carbocycles. The highest BCUT2D eigenvalue weighted by Gasteiger charge is 2.14. The molecule has 2 aromatic rings. The maximum atomic E-state index is 11.4. The maximum absolute atomic E-state index is 11.4. The van der Waals surface area contributed by atoms with E-state index in [-0.39, 0.29) is 18.2 Å². The van der Waals surface area contributed by atoms with Gasteiger partial charge in [0.1, 0.15) is 6.04 Å². The fraction of sp³-hybridized carbons (Fsp3) is 0.222. The molecular weight excluding hydrogens is 314 g/mol. The van der Waals surface area contributed by atoms with Crippen LogP contribution in [0.3, 0.4) is 0 Å². The Kier molecular flexibility index (Phi) is 6.94. The summed E-state index contributed by atoms with van der Waals surface area (Å²) in [5.74, 6) is -0.374. The van der Waals surface area contributed by atoms with Crippen molar-refractivity contribution in [3.8, 4) is 11.1 Å². The lowest BCUT2D eigenvalue weighted by atomic mass is 9.99. The lowest BCUT2D eigenvalue weighted by molar-refractivity contribution is -0.142. The quantitative estimate of drug-likeness (QED) is 0.674. The van der Waals surface area contributed by atoms with Crippen LogP contribution in [0.1, 0.15) is 22.8 Å². The van der Waals surface area contributed by atoms with E-state index in [2.05, 4.69) is 4.74 Å². The van der Waals surface area contributed by atoms with Gasteiger partial charge in [0.2, 0.25) is 0 Å². The zero-order valence-corrected chi connectivity index (χ0v) is 13.9. The number of esters is 1. The summed E-state index contributed by atoms with van der Waals surface area (Å²) >= 11 is 0. The first-order valence-corrected chi connectivity index (χ1v) is 7.05. The largest absolute Gasteiger partial charge is 0.468 e. The van der Waals surface area contributed by atoms with Gasteiger partial charge in [0.25, 0.3) is 0 Å². The molecule has 2 rings (SSSR count). The van der Waals surface area contributed by atoms with Crippen LogP contribution in [0.15, 0.2) is 48.5 Å². The second-order valence-electron chi connectivity index (χ2n) is 5.17. The van der Waals surface area contributed by atoms with Crippen molar-refractivity contribution >= 4 is 24.2 Å². The Morgan fingerprint density at radius 2 is 1.74 bits per heavy atom. The van der Waals surface area contributed by atoms with Crippen LogP contribution in [-0.4, -0.2) is 24.9 Å². The normalized spacial score (nSPS) is 11.3. The van der Waals surface area contributed by atoms with Gasteiger partial charge in [-0.05, 0) is 36.1 Å². The number of nitrogens with two attached hydrogens (primary N) is 1. The van der Waals surface area contributed by atoms with Gasteiger partial charge in [-0.1, -0.05) is 42.5 Å². The summed E-state index contributed by atoms with van der Waals surface area (Å²) < 4.78 is 4.62. The van der Waals surface area contributed by atoms with Gasteiger partial charge < -0.3 is 10.5 Å². The summed E-state index contributed by atoms with van der Waals surface area (Å²) in [5, 5.41) is 0. The summed E-state index contributed by atoms with van der Waals surface area (Å²) in [7, 11) is 1.33. The van der Waals surface area contributed by atoms with Crippen LogP contribution >= 0.6 is 12.4 Å². The Balaban J connectivity index is 0.00000264. The van der Waals surface area contributed by atoms with E-state index in [1.165, 1.54) is 7.11 Å². The van der Waals surface area contributed by atoms with Gasteiger partial charge in [0, 0.05) is 5.56 Å². The van der Waals surface area contributed by atoms with Crippen LogP contribution < -0.4 is 5.73 Å². The van der Waals surface area contributed by atoms with Crippen molar-refractivity contribution in [2.75, 3.05) is 7.11 Å². The lowest BCUT2D eigenvalue weighted by Gasteiger charge is -2.10. The van der Waals surface area contributed by atoms with Crippen molar-refractivity contribution in [1.29, 1.82) is 0 Å². The first-order valence-electron chi connectivity index (χ1n) is 7.05. The zero-order chi connectivity index (χ0) is 16.1. The average Bonchev–Trinajstić information content (AvgIpc) is 2.54. The van der Waals surface area contributed by atoms with Gasteiger partial charge >= 0.3 is 5.97 Å². The number of methoxy groups -OCH3 is 1. The van der Waals surface area contributed by atoms with Gasteiger partial charge in [-0.2, -0.15) is 0 Å². The minimum atomic E-state index is -0.656. The smallest absolute Gasteiger partial charge is 0.322 e. The number of carbonyl (C=O) groups is 2. The van der Waals surface area contributed by atoms with Crippen molar-refractivity contribution in [2.45, 2.75) is 19.4 Å². The Morgan fingerprint density at radius 3 is 2.30 bits per heavy atom. The van der Waals surface area contributed by atoms with Crippen molar-refractivity contribution < 1.29 is 14.3 Å². The molecule has 0 aliphatic rings. The van der Waals surface area contributed by atoms with Crippen molar-refractivity contribution in [3.63, 3.8) is 0 Å². The fourth-order valence-corrected chi connectivity index (χ4v) is 2.24. The van der Waals surface area contributed by atoms with E-state index < -0.39 is 12.0 Å². The van der Waals surface area contributed by atoms with Crippen LogP contribution in [0.4, 0.5) is 0 Å². The van der Waals surface area contributed by atoms with E-state index in [1.54, 1.807) is 13.0 Å². The molecule has 0 aromatic heterocycles. The Labute approximate surface area is 142 Å². The molecule has 122 valence electrons. The first kappa shape index (κ1) is 18.9. The predicted molar refractivity (Wildman–Crippen MR) is 92.8 cm³/mol. The number of ether oxygens (including phenoxy) is 1. The van der Waals surface area contributed by atoms with E-state index in [1.807, 2.05) is 42.5 Å². The van der Waals surface area contributed by atoms with E-state index in [4.69, 9.17) is 5.73 Å². The molecule has 0 spiro atoms. The highest BCUT2D eigenvalue weighted by molar-refractivity contribution is 5.95. The van der Waals surface area contributed by atoms with Gasteiger partial charge in [0.05, 0.1) is 7.11 Å². The minimum Gasteiger partial charge on any atom is -0.468 e. The van der Waals surface area contributed by atoms with E-state index in [9.17, 15) is 9.59 Å². The standard InChI is InChI=1S/C18H19NO3.ClH/c1-12(20)15-4-3-5-16(11-15)14-8-6-13(7-9-14)10-17(19)18(21)22-2;/h3-9,11,17H,10,19H2,1-2H3;1H. The van der Waals surface area contributed by atoms with Crippen molar-refractivity contribution in [2.24, 2.45) is 5.73 Å². The highest BCUT2D eigenvalue weighted by atomic mass is 35.5. The predicted octanol–water partition coefficient (Wildman–Crippen LogP) is 3.02. The molecule has 0 radical (unpaired) electrons. The highest BCUT2D eigenvalue weighted by Crippen LogP contribution is 2.21. The molecule has 5 heteroatoms. The number of benzene rings is 2. The van der Waals surface area contributed by atoms with Crippen LogP contribution in [-0.2, 0) is 16.0 Å². The number of hydrogen-bond donors (Lipinski definition) is 1. The Morgan fingerprint density at radius 1 is 1.09 bits per heavy atom. The second-order valence-corrected chi connectivity index (χ2v) is 5.17. The number of ketones is 1. The Hall–Kier alpha value is -2.17. The summed E-state index contributed by atoms with van der Waals surface area (Å²) in [4.78, 5) is 22.8. The minimum absolute atomic E-state index is 0. The van der Waals surface area contributed by atoms with Gasteiger partial charge in [0.15, 0.2) is 5.78 Å². The molecule has 2 N–H and O–H groups in total. The molecule has 23 heavy (non-hydrogen) atoms. The van der Waals surface area contributed by atoms with E-state index in [0.29, 0.717) is 12.0 Å². The molecule has 0 bridgehead atoms. The monoisotopic (exact) mass is 333 g/mol. The molecule has 0 amide bonds. The molecule has 1 unspecified atom stereocenters. The van der Waals surface area contributed by atoms with Crippen LogP contribution in [0, 0.1) is 0 Å². The molecule has 0 aliphatic heterocycles. The van der Waals surface area contributed by atoms with Gasteiger partial charge in [-0.15, -0.1) is 12.4 Å². The van der Waals surface area contributed by atoms with Crippen molar-refractivity contribution in [3.05, 3.63) is 59.7 Å². The number of carbonyl (C=O) groups excluding carboxylic acids is 2. The van der Waals surface area contributed by atoms with E-state index in [0.717, 1.165) is 16.7 Å². The van der Waals surface area contributed by atoms with E-state index >= 15 is 0 Å². The molecular formula is C18H20ClNO3. The van der Waals surface area contributed by atoms with Gasteiger partial charge in [-0.3, -0.25) is 9.59 Å². The third kappa shape index (κ3) is 4.91. The topological polar surface area (TPSA) is 69.4 Å². The van der Waals surface area contributed by atoms with Crippen LogP contribution in [0.2, 0.25) is 0 Å². The molecule has 2 aromatic carbocycles. The molecule has 0 heterocycles. The van der Waals surface area contributed by atoms with Crippen LogP contribution in [0.25, 0.3) is 11.1 Å². The van der Waals surface area contributed by atoms with Crippen molar-refractivity contribution in [1.82, 2.24) is 0 Å². The molecule has 0 fully saturated rings. The number of halogens is 1.